The third-order valence-electron chi connectivity index (χ3n) is 3.51. The molecule has 0 radical (unpaired) electrons. The molecule has 4 heteroatoms. The van der Waals surface area contributed by atoms with Gasteiger partial charge in [-0.1, -0.05) is 23.8 Å². The van der Waals surface area contributed by atoms with Crippen molar-refractivity contribution in [3.8, 4) is 0 Å². The molecule has 1 fully saturated rings. The van der Waals surface area contributed by atoms with Gasteiger partial charge in [0.1, 0.15) is 5.41 Å². The van der Waals surface area contributed by atoms with Gasteiger partial charge in [0.15, 0.2) is 0 Å². The van der Waals surface area contributed by atoms with Gasteiger partial charge in [-0.25, -0.2) is 0 Å². The summed E-state index contributed by atoms with van der Waals surface area (Å²) in [6.07, 6.45) is 0.183. The average molecular weight is 234 g/mol. The monoisotopic (exact) mass is 234 g/mol. The maximum absolute atomic E-state index is 11.4. The van der Waals surface area contributed by atoms with Crippen molar-refractivity contribution in [3.05, 3.63) is 34.9 Å². The van der Waals surface area contributed by atoms with E-state index in [0.29, 0.717) is 5.56 Å². The Morgan fingerprint density at radius 1 is 1.29 bits per heavy atom. The summed E-state index contributed by atoms with van der Waals surface area (Å²) in [7, 11) is 0. The lowest BCUT2D eigenvalue weighted by Crippen LogP contribution is -2.26. The molecular formula is C13H14O4. The Kier molecular flexibility index (Phi) is 2.45. The summed E-state index contributed by atoms with van der Waals surface area (Å²) in [4.78, 5) is 22.4. The van der Waals surface area contributed by atoms with Crippen molar-refractivity contribution in [2.24, 2.45) is 5.92 Å². The van der Waals surface area contributed by atoms with E-state index in [4.69, 9.17) is 5.11 Å². The molecule has 1 aromatic rings. The van der Waals surface area contributed by atoms with Gasteiger partial charge < -0.3 is 10.2 Å². The van der Waals surface area contributed by atoms with Crippen LogP contribution in [0.1, 0.15) is 23.1 Å². The van der Waals surface area contributed by atoms with Crippen LogP contribution in [0.25, 0.3) is 0 Å². The highest BCUT2D eigenvalue weighted by Gasteiger charge is 2.66. The largest absolute Gasteiger partial charge is 0.481 e. The second kappa shape index (κ2) is 3.58. The predicted octanol–water partition coefficient (Wildman–Crippen LogP) is 1.73. The highest BCUT2D eigenvalue weighted by molar-refractivity contribution is 5.95. The first-order valence-electron chi connectivity index (χ1n) is 5.43. The van der Waals surface area contributed by atoms with E-state index in [1.165, 1.54) is 0 Å². The molecule has 1 aliphatic rings. The molecule has 0 bridgehead atoms. The molecule has 0 heterocycles. The number of carbonyl (C=O) groups is 2. The molecule has 2 rings (SSSR count). The molecule has 1 aromatic carbocycles. The lowest BCUT2D eigenvalue weighted by atomic mass is 9.88. The van der Waals surface area contributed by atoms with Crippen molar-refractivity contribution in [1.29, 1.82) is 0 Å². The average Bonchev–Trinajstić information content (AvgIpc) is 2.98. The minimum Gasteiger partial charge on any atom is -0.481 e. The second-order valence-corrected chi connectivity index (χ2v) is 4.69. The van der Waals surface area contributed by atoms with E-state index < -0.39 is 23.3 Å². The van der Waals surface area contributed by atoms with E-state index in [1.54, 1.807) is 6.07 Å². The minimum atomic E-state index is -1.22. The maximum atomic E-state index is 11.4. The molecule has 0 aromatic heterocycles. The van der Waals surface area contributed by atoms with Crippen LogP contribution in [-0.4, -0.2) is 22.2 Å². The molecule has 2 unspecified atom stereocenters. The van der Waals surface area contributed by atoms with Crippen LogP contribution in [-0.2, 0) is 15.0 Å². The van der Waals surface area contributed by atoms with Gasteiger partial charge in [0.25, 0.3) is 0 Å². The van der Waals surface area contributed by atoms with Crippen LogP contribution in [0, 0.1) is 19.8 Å². The summed E-state index contributed by atoms with van der Waals surface area (Å²) >= 11 is 0. The van der Waals surface area contributed by atoms with E-state index in [-0.39, 0.29) is 6.42 Å². The van der Waals surface area contributed by atoms with Crippen molar-refractivity contribution in [1.82, 2.24) is 0 Å². The van der Waals surface area contributed by atoms with Gasteiger partial charge in [0.2, 0.25) is 0 Å². The van der Waals surface area contributed by atoms with Crippen molar-refractivity contribution in [3.63, 3.8) is 0 Å². The maximum Gasteiger partial charge on any atom is 0.315 e. The Balaban J connectivity index is 2.53. The highest BCUT2D eigenvalue weighted by atomic mass is 16.4. The topological polar surface area (TPSA) is 74.6 Å². The standard InChI is InChI=1S/C13H14O4/c1-7-3-4-8(2)9(5-7)13(12(16)17)6-10(13)11(14)15/h3-5,10H,6H2,1-2H3,(H,14,15)(H,16,17). The van der Waals surface area contributed by atoms with Crippen LogP contribution < -0.4 is 0 Å². The molecule has 2 N–H and O–H groups in total. The SMILES string of the molecule is Cc1ccc(C)c(C2(C(=O)O)CC2C(=O)O)c1. The number of carboxylic acid groups (broad SMARTS) is 2. The van der Waals surface area contributed by atoms with Crippen molar-refractivity contribution >= 4 is 11.9 Å². The number of hydrogen-bond acceptors (Lipinski definition) is 2. The number of aryl methyl sites for hydroxylation is 2. The van der Waals surface area contributed by atoms with E-state index in [0.717, 1.165) is 11.1 Å². The number of rotatable bonds is 3. The van der Waals surface area contributed by atoms with Crippen LogP contribution in [0.4, 0.5) is 0 Å². The number of hydrogen-bond donors (Lipinski definition) is 2. The van der Waals surface area contributed by atoms with E-state index in [1.807, 2.05) is 26.0 Å². The zero-order valence-corrected chi connectivity index (χ0v) is 9.73. The molecule has 1 saturated carbocycles. The van der Waals surface area contributed by atoms with Crippen molar-refractivity contribution in [2.75, 3.05) is 0 Å². The van der Waals surface area contributed by atoms with Crippen LogP contribution in [0.2, 0.25) is 0 Å². The highest BCUT2D eigenvalue weighted by Crippen LogP contribution is 2.55. The van der Waals surface area contributed by atoms with Crippen LogP contribution in [0.5, 0.6) is 0 Å². The molecular weight excluding hydrogens is 220 g/mol. The Bertz CT molecular complexity index is 506. The second-order valence-electron chi connectivity index (χ2n) is 4.69. The molecule has 0 amide bonds. The first kappa shape index (κ1) is 11.6. The van der Waals surface area contributed by atoms with Crippen molar-refractivity contribution in [2.45, 2.75) is 25.7 Å². The van der Waals surface area contributed by atoms with Gasteiger partial charge in [-0.05, 0) is 31.4 Å². The van der Waals surface area contributed by atoms with E-state index >= 15 is 0 Å². The molecule has 90 valence electrons. The Morgan fingerprint density at radius 2 is 1.94 bits per heavy atom. The van der Waals surface area contributed by atoms with Gasteiger partial charge in [-0.15, -0.1) is 0 Å². The Hall–Kier alpha value is -1.84. The summed E-state index contributed by atoms with van der Waals surface area (Å²) in [5.41, 5.74) is 1.20. The minimum absolute atomic E-state index is 0.183. The summed E-state index contributed by atoms with van der Waals surface area (Å²) < 4.78 is 0. The quantitative estimate of drug-likeness (QED) is 0.835. The number of benzene rings is 1. The Morgan fingerprint density at radius 3 is 2.41 bits per heavy atom. The molecule has 0 aliphatic heterocycles. The first-order chi connectivity index (χ1) is 7.89. The molecule has 1 aliphatic carbocycles. The lowest BCUT2D eigenvalue weighted by Gasteiger charge is -2.15. The summed E-state index contributed by atoms with van der Waals surface area (Å²) in [5, 5.41) is 18.3. The summed E-state index contributed by atoms with van der Waals surface area (Å²) in [6, 6.07) is 5.52. The molecule has 4 nitrogen and oxygen atoms in total. The van der Waals surface area contributed by atoms with Crippen LogP contribution in [0.3, 0.4) is 0 Å². The molecule has 2 atom stereocenters. The molecule has 0 saturated heterocycles. The van der Waals surface area contributed by atoms with Gasteiger partial charge in [-0.3, -0.25) is 9.59 Å². The third-order valence-corrected chi connectivity index (χ3v) is 3.51. The fourth-order valence-corrected chi connectivity index (χ4v) is 2.43. The summed E-state index contributed by atoms with van der Waals surface area (Å²) in [5.74, 6) is -2.88. The normalized spacial score (nSPS) is 26.6. The van der Waals surface area contributed by atoms with Gasteiger partial charge in [0, 0.05) is 0 Å². The summed E-state index contributed by atoms with van der Waals surface area (Å²) in [6.45, 7) is 3.69. The third kappa shape index (κ3) is 1.60. The zero-order chi connectivity index (χ0) is 12.8. The van der Waals surface area contributed by atoms with Gasteiger partial charge in [0.05, 0.1) is 5.92 Å². The molecule has 17 heavy (non-hydrogen) atoms. The fraction of sp³-hybridized carbons (Fsp3) is 0.385. The first-order valence-corrected chi connectivity index (χ1v) is 5.43. The lowest BCUT2D eigenvalue weighted by molar-refractivity contribution is -0.145. The number of carboxylic acids is 2. The molecule has 0 spiro atoms. The number of aliphatic carboxylic acids is 2. The van der Waals surface area contributed by atoms with Gasteiger partial charge in [-0.2, -0.15) is 0 Å². The van der Waals surface area contributed by atoms with Gasteiger partial charge >= 0.3 is 11.9 Å². The Labute approximate surface area is 98.9 Å². The van der Waals surface area contributed by atoms with E-state index in [9.17, 15) is 14.7 Å². The van der Waals surface area contributed by atoms with Crippen LogP contribution >= 0.6 is 0 Å². The zero-order valence-electron chi connectivity index (χ0n) is 9.73. The van der Waals surface area contributed by atoms with E-state index in [2.05, 4.69) is 0 Å². The smallest absolute Gasteiger partial charge is 0.315 e. The van der Waals surface area contributed by atoms with Crippen molar-refractivity contribution < 1.29 is 19.8 Å². The van der Waals surface area contributed by atoms with Crippen LogP contribution in [0.15, 0.2) is 18.2 Å². The predicted molar refractivity (Wildman–Crippen MR) is 61.0 cm³/mol. The fourth-order valence-electron chi connectivity index (χ4n) is 2.43.